The van der Waals surface area contributed by atoms with Crippen LogP contribution in [0.15, 0.2) is 18.3 Å². The molecule has 1 fully saturated rings. The fourth-order valence-corrected chi connectivity index (χ4v) is 3.17. The Morgan fingerprint density at radius 3 is 2.95 bits per heavy atom. The first kappa shape index (κ1) is 16.3. The number of aromatic nitrogens is 1. The van der Waals surface area contributed by atoms with E-state index in [1.807, 2.05) is 6.20 Å². The summed E-state index contributed by atoms with van der Waals surface area (Å²) in [6.45, 7) is 9.90. The number of rotatable bonds is 6. The van der Waals surface area contributed by atoms with Gasteiger partial charge in [0, 0.05) is 31.0 Å². The van der Waals surface area contributed by atoms with Crippen LogP contribution in [0, 0.1) is 5.92 Å². The maximum absolute atomic E-state index is 4.52. The Labute approximate surface area is 130 Å². The molecule has 0 aliphatic carbocycles. The molecule has 0 amide bonds. The van der Waals surface area contributed by atoms with Crippen molar-refractivity contribution in [2.75, 3.05) is 18.0 Å². The number of anilines is 1. The van der Waals surface area contributed by atoms with Gasteiger partial charge in [0.05, 0.1) is 5.69 Å². The number of nitrogens with one attached hydrogen (secondary N) is 1. The lowest BCUT2D eigenvalue weighted by atomic mass is 10.1. The molecule has 0 aromatic carbocycles. The average Bonchev–Trinajstić information content (AvgIpc) is 2.72. The highest BCUT2D eigenvalue weighted by atomic mass is 15.2. The summed E-state index contributed by atoms with van der Waals surface area (Å²) < 4.78 is 0. The standard InChI is InChI=1S/C18H31N3/c1-4-17-8-6-5-7-11-21(17)18-9-10-20-16(12-18)14-19-13-15(2)3/h9-10,12,15,17,19H,4-8,11,13-14H2,1-3H3. The molecule has 0 radical (unpaired) electrons. The van der Waals surface area contributed by atoms with E-state index in [1.165, 1.54) is 44.3 Å². The summed E-state index contributed by atoms with van der Waals surface area (Å²) in [6.07, 6.45) is 8.62. The van der Waals surface area contributed by atoms with E-state index in [0.717, 1.165) is 18.8 Å². The van der Waals surface area contributed by atoms with Crippen molar-refractivity contribution >= 4 is 5.69 Å². The molecule has 1 aliphatic rings. The summed E-state index contributed by atoms with van der Waals surface area (Å²) in [5.74, 6) is 0.684. The molecule has 3 nitrogen and oxygen atoms in total. The Hall–Kier alpha value is -1.09. The normalized spacial score (nSPS) is 19.8. The zero-order chi connectivity index (χ0) is 15.1. The lowest BCUT2D eigenvalue weighted by Gasteiger charge is -2.31. The Balaban J connectivity index is 2.04. The van der Waals surface area contributed by atoms with Crippen molar-refractivity contribution in [2.24, 2.45) is 5.92 Å². The van der Waals surface area contributed by atoms with E-state index in [9.17, 15) is 0 Å². The van der Waals surface area contributed by atoms with Crippen LogP contribution in [0.25, 0.3) is 0 Å². The van der Waals surface area contributed by atoms with E-state index in [0.29, 0.717) is 12.0 Å². The zero-order valence-electron chi connectivity index (χ0n) is 13.9. The fourth-order valence-electron chi connectivity index (χ4n) is 3.17. The highest BCUT2D eigenvalue weighted by Crippen LogP contribution is 2.26. The van der Waals surface area contributed by atoms with Gasteiger partial charge in [-0.2, -0.15) is 0 Å². The quantitative estimate of drug-likeness (QED) is 0.858. The van der Waals surface area contributed by atoms with Crippen LogP contribution in [0.3, 0.4) is 0 Å². The topological polar surface area (TPSA) is 28.2 Å². The van der Waals surface area contributed by atoms with Gasteiger partial charge in [-0.1, -0.05) is 33.6 Å². The number of nitrogens with zero attached hydrogens (tertiary/aromatic N) is 2. The van der Waals surface area contributed by atoms with Crippen LogP contribution in [0.5, 0.6) is 0 Å². The molecule has 3 heteroatoms. The van der Waals surface area contributed by atoms with E-state index in [-0.39, 0.29) is 0 Å². The first-order valence-corrected chi connectivity index (χ1v) is 8.63. The molecule has 1 aromatic rings. The molecule has 1 atom stereocenters. The molecule has 21 heavy (non-hydrogen) atoms. The minimum Gasteiger partial charge on any atom is -0.368 e. The molecule has 1 aromatic heterocycles. The number of pyridine rings is 1. The number of hydrogen-bond acceptors (Lipinski definition) is 3. The Bertz CT molecular complexity index is 417. The summed E-state index contributed by atoms with van der Waals surface area (Å²) >= 11 is 0. The van der Waals surface area contributed by atoms with Gasteiger partial charge in [-0.25, -0.2) is 0 Å². The Morgan fingerprint density at radius 2 is 2.19 bits per heavy atom. The summed E-state index contributed by atoms with van der Waals surface area (Å²) in [6, 6.07) is 5.16. The van der Waals surface area contributed by atoms with Crippen LogP contribution in [0.1, 0.15) is 58.6 Å². The smallest absolute Gasteiger partial charge is 0.0562 e. The fraction of sp³-hybridized carbons (Fsp3) is 0.722. The van der Waals surface area contributed by atoms with Gasteiger partial charge in [-0.05, 0) is 43.9 Å². The van der Waals surface area contributed by atoms with Crippen molar-refractivity contribution < 1.29 is 0 Å². The minimum atomic E-state index is 0.684. The lowest BCUT2D eigenvalue weighted by molar-refractivity contribution is 0.546. The molecule has 1 saturated heterocycles. The monoisotopic (exact) mass is 289 g/mol. The highest BCUT2D eigenvalue weighted by molar-refractivity contribution is 5.47. The van der Waals surface area contributed by atoms with Crippen LogP contribution in [0.4, 0.5) is 5.69 Å². The molecular weight excluding hydrogens is 258 g/mol. The summed E-state index contributed by atoms with van der Waals surface area (Å²) in [7, 11) is 0. The van der Waals surface area contributed by atoms with Crippen LogP contribution in [-0.4, -0.2) is 24.1 Å². The largest absolute Gasteiger partial charge is 0.368 e. The maximum atomic E-state index is 4.52. The SMILES string of the molecule is CCC1CCCCCN1c1ccnc(CNCC(C)C)c1. The molecule has 1 unspecified atom stereocenters. The predicted octanol–water partition coefficient (Wildman–Crippen LogP) is 3.99. The molecule has 2 rings (SSSR count). The van der Waals surface area contributed by atoms with Gasteiger partial charge >= 0.3 is 0 Å². The third kappa shape index (κ3) is 4.99. The Kier molecular flexibility index (Phi) is 6.50. The van der Waals surface area contributed by atoms with Gasteiger partial charge < -0.3 is 10.2 Å². The van der Waals surface area contributed by atoms with Crippen molar-refractivity contribution in [3.63, 3.8) is 0 Å². The van der Waals surface area contributed by atoms with Crippen LogP contribution < -0.4 is 10.2 Å². The summed E-state index contributed by atoms with van der Waals surface area (Å²) in [5.41, 5.74) is 2.52. The molecule has 1 aliphatic heterocycles. The average molecular weight is 289 g/mol. The second kappa shape index (κ2) is 8.38. The third-order valence-corrected chi connectivity index (χ3v) is 4.34. The molecular formula is C18H31N3. The second-order valence-corrected chi connectivity index (χ2v) is 6.63. The van der Waals surface area contributed by atoms with Gasteiger partial charge in [0.2, 0.25) is 0 Å². The van der Waals surface area contributed by atoms with Gasteiger partial charge in [-0.15, -0.1) is 0 Å². The molecule has 0 bridgehead atoms. The molecule has 118 valence electrons. The highest BCUT2D eigenvalue weighted by Gasteiger charge is 2.19. The van der Waals surface area contributed by atoms with Gasteiger partial charge in [0.25, 0.3) is 0 Å². The van der Waals surface area contributed by atoms with Crippen molar-refractivity contribution in [3.8, 4) is 0 Å². The van der Waals surface area contributed by atoms with Crippen LogP contribution in [0.2, 0.25) is 0 Å². The van der Waals surface area contributed by atoms with Gasteiger partial charge in [0.1, 0.15) is 0 Å². The van der Waals surface area contributed by atoms with E-state index in [2.05, 4.69) is 48.1 Å². The van der Waals surface area contributed by atoms with Crippen molar-refractivity contribution in [2.45, 2.75) is 65.5 Å². The van der Waals surface area contributed by atoms with E-state index in [4.69, 9.17) is 0 Å². The predicted molar refractivity (Wildman–Crippen MR) is 90.7 cm³/mol. The van der Waals surface area contributed by atoms with Crippen molar-refractivity contribution in [1.82, 2.24) is 10.3 Å². The summed E-state index contributed by atoms with van der Waals surface area (Å²) in [4.78, 5) is 7.13. The molecule has 0 saturated carbocycles. The van der Waals surface area contributed by atoms with Crippen LogP contribution >= 0.6 is 0 Å². The van der Waals surface area contributed by atoms with E-state index in [1.54, 1.807) is 0 Å². The zero-order valence-corrected chi connectivity index (χ0v) is 13.9. The molecule has 2 heterocycles. The maximum Gasteiger partial charge on any atom is 0.0562 e. The van der Waals surface area contributed by atoms with E-state index < -0.39 is 0 Å². The molecule has 1 N–H and O–H groups in total. The Morgan fingerprint density at radius 1 is 1.33 bits per heavy atom. The van der Waals surface area contributed by atoms with Crippen LogP contribution in [-0.2, 0) is 6.54 Å². The second-order valence-electron chi connectivity index (χ2n) is 6.63. The van der Waals surface area contributed by atoms with Crippen molar-refractivity contribution in [1.29, 1.82) is 0 Å². The lowest BCUT2D eigenvalue weighted by Crippen LogP contribution is -2.34. The summed E-state index contributed by atoms with van der Waals surface area (Å²) in [5, 5.41) is 3.49. The van der Waals surface area contributed by atoms with Crippen molar-refractivity contribution in [3.05, 3.63) is 24.0 Å². The minimum absolute atomic E-state index is 0.684. The third-order valence-electron chi connectivity index (χ3n) is 4.34. The van der Waals surface area contributed by atoms with E-state index >= 15 is 0 Å². The van der Waals surface area contributed by atoms with Gasteiger partial charge in [-0.3, -0.25) is 4.98 Å². The first-order chi connectivity index (χ1) is 10.2. The first-order valence-electron chi connectivity index (χ1n) is 8.63. The van der Waals surface area contributed by atoms with Gasteiger partial charge in [0.15, 0.2) is 0 Å². The molecule has 0 spiro atoms. The number of hydrogen-bond donors (Lipinski definition) is 1.